The Balaban J connectivity index is 1.71. The van der Waals surface area contributed by atoms with Gasteiger partial charge in [0.1, 0.15) is 18.1 Å². The Labute approximate surface area is 120 Å². The van der Waals surface area contributed by atoms with Gasteiger partial charge in [-0.15, -0.1) is 12.6 Å². The zero-order valence-electron chi connectivity index (χ0n) is 11.4. The molecule has 19 heavy (non-hydrogen) atoms. The van der Waals surface area contributed by atoms with Crippen LogP contribution in [0.25, 0.3) is 5.69 Å². The predicted octanol–water partition coefficient (Wildman–Crippen LogP) is 3.49. The maximum atomic E-state index is 4.32. The molecule has 0 saturated heterocycles. The minimum atomic E-state index is 0.857. The first-order chi connectivity index (χ1) is 9.20. The largest absolute Gasteiger partial charge is 0.248 e. The van der Waals surface area contributed by atoms with E-state index in [1.54, 1.807) is 0 Å². The van der Waals surface area contributed by atoms with Gasteiger partial charge >= 0.3 is 0 Å². The van der Waals surface area contributed by atoms with E-state index >= 15 is 0 Å². The maximum absolute atomic E-state index is 4.32. The van der Waals surface area contributed by atoms with Crippen molar-refractivity contribution in [3.05, 3.63) is 43.0 Å². The van der Waals surface area contributed by atoms with Crippen LogP contribution in [0.2, 0.25) is 0 Å². The third kappa shape index (κ3) is 3.03. The van der Waals surface area contributed by atoms with Crippen LogP contribution in [0.15, 0.2) is 47.9 Å². The van der Waals surface area contributed by atoms with Crippen LogP contribution >= 0.6 is 12.6 Å². The molecule has 2 atom stereocenters. The fraction of sp³-hybridized carbons (Fsp3) is 0.438. The van der Waals surface area contributed by atoms with Gasteiger partial charge in [-0.05, 0) is 48.9 Å². The molecular weight excluding hydrogens is 252 g/mol. The molecule has 100 valence electrons. The number of benzene rings is 1. The summed E-state index contributed by atoms with van der Waals surface area (Å²) >= 11 is 4.32. The first-order valence-corrected chi connectivity index (χ1v) is 7.52. The average molecular weight is 273 g/mol. The van der Waals surface area contributed by atoms with Crippen LogP contribution in [0.1, 0.15) is 26.2 Å². The summed E-state index contributed by atoms with van der Waals surface area (Å²) in [4.78, 5) is 1.00. The maximum Gasteiger partial charge on any atom is 0.248 e. The van der Waals surface area contributed by atoms with E-state index in [4.69, 9.17) is 0 Å². The third-order valence-electron chi connectivity index (χ3n) is 4.11. The van der Waals surface area contributed by atoms with E-state index in [1.807, 2.05) is 12.1 Å². The predicted molar refractivity (Wildman–Crippen MR) is 79.7 cm³/mol. The van der Waals surface area contributed by atoms with Crippen LogP contribution in [0.5, 0.6) is 0 Å². The normalized spacial score (nSPS) is 22.8. The number of rotatable bonds is 3. The molecule has 0 radical (unpaired) electrons. The van der Waals surface area contributed by atoms with Crippen molar-refractivity contribution in [1.82, 2.24) is 4.57 Å². The number of aromatic nitrogens is 2. The SMILES string of the molecule is CC1CCC(C[n+]2ccn(-c3ccc(S)cc3)c2)C1. The van der Waals surface area contributed by atoms with Crippen LogP contribution < -0.4 is 4.57 Å². The molecule has 1 aromatic heterocycles. The van der Waals surface area contributed by atoms with Crippen molar-refractivity contribution in [2.45, 2.75) is 37.6 Å². The second-order valence-electron chi connectivity index (χ2n) is 5.82. The molecule has 2 unspecified atom stereocenters. The quantitative estimate of drug-likeness (QED) is 0.647. The molecule has 2 nitrogen and oxygen atoms in total. The number of hydrogen-bond acceptors (Lipinski definition) is 1. The van der Waals surface area contributed by atoms with Crippen LogP contribution in [-0.4, -0.2) is 4.57 Å². The van der Waals surface area contributed by atoms with E-state index < -0.39 is 0 Å². The molecule has 1 aliphatic rings. The highest BCUT2D eigenvalue weighted by molar-refractivity contribution is 7.80. The Morgan fingerprint density at radius 3 is 2.74 bits per heavy atom. The molecule has 1 heterocycles. The van der Waals surface area contributed by atoms with Crippen LogP contribution in [-0.2, 0) is 6.54 Å². The van der Waals surface area contributed by atoms with Gasteiger partial charge < -0.3 is 0 Å². The molecule has 0 spiro atoms. The van der Waals surface area contributed by atoms with Gasteiger partial charge in [-0.1, -0.05) is 13.3 Å². The van der Waals surface area contributed by atoms with E-state index in [-0.39, 0.29) is 0 Å². The molecule has 3 heteroatoms. The van der Waals surface area contributed by atoms with Gasteiger partial charge in [-0.3, -0.25) is 0 Å². The third-order valence-corrected chi connectivity index (χ3v) is 4.41. The van der Waals surface area contributed by atoms with Gasteiger partial charge in [-0.2, -0.15) is 0 Å². The molecule has 0 N–H and O–H groups in total. The Morgan fingerprint density at radius 2 is 2.05 bits per heavy atom. The van der Waals surface area contributed by atoms with Crippen LogP contribution in [0.4, 0.5) is 0 Å². The number of thiol groups is 1. The van der Waals surface area contributed by atoms with Gasteiger partial charge in [-0.25, -0.2) is 9.13 Å². The Hall–Kier alpha value is -1.22. The first-order valence-electron chi connectivity index (χ1n) is 7.07. The van der Waals surface area contributed by atoms with Crippen molar-refractivity contribution < 1.29 is 4.57 Å². The summed E-state index contributed by atoms with van der Waals surface area (Å²) in [6.45, 7) is 3.52. The second kappa shape index (κ2) is 5.41. The van der Waals surface area contributed by atoms with Crippen molar-refractivity contribution in [3.63, 3.8) is 0 Å². The van der Waals surface area contributed by atoms with E-state index in [2.05, 4.69) is 59.5 Å². The zero-order chi connectivity index (χ0) is 13.2. The summed E-state index contributed by atoms with van der Waals surface area (Å²) in [5, 5.41) is 0. The Morgan fingerprint density at radius 1 is 1.26 bits per heavy atom. The summed E-state index contributed by atoms with van der Waals surface area (Å²) < 4.78 is 4.49. The van der Waals surface area contributed by atoms with Crippen molar-refractivity contribution in [3.8, 4) is 5.69 Å². The van der Waals surface area contributed by atoms with Crippen molar-refractivity contribution >= 4 is 12.6 Å². The molecule has 0 bridgehead atoms. The van der Waals surface area contributed by atoms with Crippen LogP contribution in [0, 0.1) is 11.8 Å². The number of nitrogens with zero attached hydrogens (tertiary/aromatic N) is 2. The lowest BCUT2D eigenvalue weighted by Gasteiger charge is -2.05. The lowest BCUT2D eigenvalue weighted by molar-refractivity contribution is -0.702. The molecular formula is C16H21N2S+. The highest BCUT2D eigenvalue weighted by Crippen LogP contribution is 2.30. The summed E-state index contributed by atoms with van der Waals surface area (Å²) in [7, 11) is 0. The van der Waals surface area contributed by atoms with Gasteiger partial charge in [0, 0.05) is 4.90 Å². The Kier molecular flexibility index (Phi) is 3.65. The summed E-state index contributed by atoms with van der Waals surface area (Å²) in [5.74, 6) is 1.77. The van der Waals surface area contributed by atoms with E-state index in [0.29, 0.717) is 0 Å². The average Bonchev–Trinajstić information content (AvgIpc) is 3.00. The van der Waals surface area contributed by atoms with E-state index in [9.17, 15) is 0 Å². The highest BCUT2D eigenvalue weighted by atomic mass is 32.1. The fourth-order valence-corrected chi connectivity index (χ4v) is 3.22. The van der Waals surface area contributed by atoms with E-state index in [1.165, 1.54) is 24.9 Å². The standard InChI is InChI=1S/C16H20N2S/c1-13-2-3-14(10-13)11-17-8-9-18(12-17)15-4-6-16(19)7-5-15/h4-9,12-14H,2-3,10-11H2,1H3/p+1. The van der Waals surface area contributed by atoms with Gasteiger partial charge in [0.15, 0.2) is 0 Å². The molecule has 0 amide bonds. The molecule has 1 aromatic carbocycles. The number of hydrogen-bond donors (Lipinski definition) is 1. The molecule has 2 aromatic rings. The van der Waals surface area contributed by atoms with Crippen molar-refractivity contribution in [2.24, 2.45) is 11.8 Å². The zero-order valence-corrected chi connectivity index (χ0v) is 12.3. The van der Waals surface area contributed by atoms with Gasteiger partial charge in [0.2, 0.25) is 6.33 Å². The first kappa shape index (κ1) is 12.8. The molecule has 1 fully saturated rings. The van der Waals surface area contributed by atoms with Crippen LogP contribution in [0.3, 0.4) is 0 Å². The molecule has 1 aliphatic carbocycles. The minimum Gasteiger partial charge on any atom is -0.236 e. The van der Waals surface area contributed by atoms with Gasteiger partial charge in [0.05, 0.1) is 6.54 Å². The lowest BCUT2D eigenvalue weighted by atomic mass is 10.1. The lowest BCUT2D eigenvalue weighted by Crippen LogP contribution is -2.34. The fourth-order valence-electron chi connectivity index (χ4n) is 3.07. The molecule has 3 rings (SSSR count). The van der Waals surface area contributed by atoms with Crippen molar-refractivity contribution in [2.75, 3.05) is 0 Å². The molecule has 1 saturated carbocycles. The highest BCUT2D eigenvalue weighted by Gasteiger charge is 2.23. The smallest absolute Gasteiger partial charge is 0.236 e. The summed E-state index contributed by atoms with van der Waals surface area (Å²) in [6, 6.07) is 8.26. The minimum absolute atomic E-state index is 0.857. The van der Waals surface area contributed by atoms with Gasteiger partial charge in [0.25, 0.3) is 0 Å². The van der Waals surface area contributed by atoms with E-state index in [0.717, 1.165) is 23.3 Å². The summed E-state index contributed by atoms with van der Waals surface area (Å²) in [6.07, 6.45) is 10.7. The monoisotopic (exact) mass is 273 g/mol. The van der Waals surface area contributed by atoms with Crippen molar-refractivity contribution in [1.29, 1.82) is 0 Å². The Bertz CT molecular complexity index is 544. The topological polar surface area (TPSA) is 8.81 Å². The number of imidazole rings is 1. The molecule has 0 aliphatic heterocycles. The second-order valence-corrected chi connectivity index (χ2v) is 6.33. The summed E-state index contributed by atoms with van der Waals surface area (Å²) in [5.41, 5.74) is 1.19.